The number of carbonyl (C=O) groups is 1. The highest BCUT2D eigenvalue weighted by atomic mass is 79.9. The van der Waals surface area contributed by atoms with Gasteiger partial charge in [0.1, 0.15) is 6.54 Å². The smallest absolute Gasteiger partial charge is 0.244 e. The number of hydrogen-bond donors (Lipinski definition) is 1. The molecular formula is C18H17BrN2O. The summed E-state index contributed by atoms with van der Waals surface area (Å²) in [6.07, 6.45) is 0. The van der Waals surface area contributed by atoms with Crippen LogP contribution in [0.3, 0.4) is 0 Å². The first-order valence-electron chi connectivity index (χ1n) is 7.15. The van der Waals surface area contributed by atoms with Gasteiger partial charge in [0.2, 0.25) is 5.91 Å². The Balaban J connectivity index is 1.83. The second-order valence-electron chi connectivity index (χ2n) is 5.46. The van der Waals surface area contributed by atoms with Crippen LogP contribution in [0.1, 0.15) is 11.3 Å². The fourth-order valence-corrected chi connectivity index (χ4v) is 3.21. The van der Waals surface area contributed by atoms with Crippen molar-refractivity contribution in [2.45, 2.75) is 20.4 Å². The fourth-order valence-electron chi connectivity index (χ4n) is 2.61. The molecule has 112 valence electrons. The molecule has 0 saturated heterocycles. The van der Waals surface area contributed by atoms with E-state index in [1.54, 1.807) is 0 Å². The number of anilines is 1. The molecular weight excluding hydrogens is 340 g/mol. The standard InChI is InChI=1S/C18H17BrN2O/c1-12-7-8-16(15(19)9-12)20-18(22)11-21-13(2)10-14-5-3-4-6-17(14)21/h3-10H,11H2,1-2H3,(H,20,22). The third-order valence-corrected chi connectivity index (χ3v) is 4.37. The van der Waals surface area contributed by atoms with E-state index in [0.29, 0.717) is 6.54 Å². The molecule has 0 aliphatic heterocycles. The minimum Gasteiger partial charge on any atom is -0.335 e. The van der Waals surface area contributed by atoms with Gasteiger partial charge in [-0.1, -0.05) is 24.3 Å². The highest BCUT2D eigenvalue weighted by Gasteiger charge is 2.10. The van der Waals surface area contributed by atoms with Crippen molar-refractivity contribution in [1.82, 2.24) is 4.57 Å². The lowest BCUT2D eigenvalue weighted by atomic mass is 10.2. The van der Waals surface area contributed by atoms with E-state index in [2.05, 4.69) is 33.4 Å². The van der Waals surface area contributed by atoms with Crippen LogP contribution < -0.4 is 5.32 Å². The largest absolute Gasteiger partial charge is 0.335 e. The van der Waals surface area contributed by atoms with Crippen molar-refractivity contribution in [3.05, 3.63) is 64.3 Å². The summed E-state index contributed by atoms with van der Waals surface area (Å²) in [4.78, 5) is 12.4. The number of carbonyl (C=O) groups excluding carboxylic acids is 1. The molecule has 4 heteroatoms. The molecule has 2 aromatic carbocycles. The third-order valence-electron chi connectivity index (χ3n) is 3.72. The molecule has 0 unspecified atom stereocenters. The number of benzene rings is 2. The molecule has 0 fully saturated rings. The maximum absolute atomic E-state index is 12.4. The molecule has 0 radical (unpaired) electrons. The molecule has 0 saturated carbocycles. The third kappa shape index (κ3) is 2.92. The minimum absolute atomic E-state index is 0.0333. The SMILES string of the molecule is Cc1ccc(NC(=O)Cn2c(C)cc3ccccc32)c(Br)c1. The fraction of sp³-hybridized carbons (Fsp3) is 0.167. The number of para-hydroxylation sites is 1. The van der Waals surface area contributed by atoms with E-state index < -0.39 is 0 Å². The summed E-state index contributed by atoms with van der Waals surface area (Å²) in [5.74, 6) is -0.0333. The Hall–Kier alpha value is -2.07. The molecule has 1 N–H and O–H groups in total. The average molecular weight is 357 g/mol. The monoisotopic (exact) mass is 356 g/mol. The Labute approximate surface area is 138 Å². The minimum atomic E-state index is -0.0333. The predicted octanol–water partition coefficient (Wildman–Crippen LogP) is 4.66. The molecule has 3 aromatic rings. The lowest BCUT2D eigenvalue weighted by molar-refractivity contribution is -0.116. The van der Waals surface area contributed by atoms with E-state index in [0.717, 1.165) is 32.3 Å². The highest BCUT2D eigenvalue weighted by Crippen LogP contribution is 2.24. The van der Waals surface area contributed by atoms with Gasteiger partial charge in [-0.3, -0.25) is 4.79 Å². The van der Waals surface area contributed by atoms with Gasteiger partial charge in [0.05, 0.1) is 5.69 Å². The Morgan fingerprint density at radius 1 is 1.14 bits per heavy atom. The van der Waals surface area contributed by atoms with Crippen molar-refractivity contribution in [3.63, 3.8) is 0 Å². The van der Waals surface area contributed by atoms with Crippen LogP contribution >= 0.6 is 15.9 Å². The van der Waals surface area contributed by atoms with E-state index in [1.165, 1.54) is 0 Å². The lowest BCUT2D eigenvalue weighted by Gasteiger charge is -2.11. The maximum atomic E-state index is 12.4. The zero-order chi connectivity index (χ0) is 15.7. The number of nitrogens with one attached hydrogen (secondary N) is 1. The number of hydrogen-bond acceptors (Lipinski definition) is 1. The van der Waals surface area contributed by atoms with Crippen LogP contribution in [0.5, 0.6) is 0 Å². The first kappa shape index (κ1) is 14.9. The molecule has 0 atom stereocenters. The van der Waals surface area contributed by atoms with Crippen LogP contribution in [-0.4, -0.2) is 10.5 Å². The first-order valence-corrected chi connectivity index (χ1v) is 7.95. The van der Waals surface area contributed by atoms with Gasteiger partial charge in [-0.05, 0) is 65.0 Å². The van der Waals surface area contributed by atoms with E-state index >= 15 is 0 Å². The number of nitrogens with zero attached hydrogens (tertiary/aromatic N) is 1. The molecule has 0 bridgehead atoms. The van der Waals surface area contributed by atoms with E-state index in [1.807, 2.05) is 54.8 Å². The number of aryl methyl sites for hydroxylation is 2. The molecule has 1 heterocycles. The molecule has 0 aliphatic rings. The van der Waals surface area contributed by atoms with Gasteiger partial charge < -0.3 is 9.88 Å². The summed E-state index contributed by atoms with van der Waals surface area (Å²) < 4.78 is 2.93. The zero-order valence-corrected chi connectivity index (χ0v) is 14.1. The summed E-state index contributed by atoms with van der Waals surface area (Å²) >= 11 is 3.49. The second kappa shape index (κ2) is 5.97. The summed E-state index contributed by atoms with van der Waals surface area (Å²) in [6.45, 7) is 4.35. The number of rotatable bonds is 3. The number of halogens is 1. The summed E-state index contributed by atoms with van der Waals surface area (Å²) in [5.41, 5.74) is 4.11. The van der Waals surface area contributed by atoms with Gasteiger partial charge in [0.15, 0.2) is 0 Å². The van der Waals surface area contributed by atoms with E-state index in [9.17, 15) is 4.79 Å². The van der Waals surface area contributed by atoms with Crippen LogP contribution in [-0.2, 0) is 11.3 Å². The molecule has 1 amide bonds. The van der Waals surface area contributed by atoms with Crippen molar-refractivity contribution in [3.8, 4) is 0 Å². The van der Waals surface area contributed by atoms with Gasteiger partial charge in [-0.25, -0.2) is 0 Å². The number of fused-ring (bicyclic) bond motifs is 1. The van der Waals surface area contributed by atoms with E-state index in [4.69, 9.17) is 0 Å². The second-order valence-corrected chi connectivity index (χ2v) is 6.32. The molecule has 22 heavy (non-hydrogen) atoms. The summed E-state index contributed by atoms with van der Waals surface area (Å²) in [6, 6.07) is 16.1. The maximum Gasteiger partial charge on any atom is 0.244 e. The van der Waals surface area contributed by atoms with Crippen molar-refractivity contribution in [2.24, 2.45) is 0 Å². The van der Waals surface area contributed by atoms with Gasteiger partial charge in [-0.2, -0.15) is 0 Å². The normalized spacial score (nSPS) is 10.9. The van der Waals surface area contributed by atoms with Gasteiger partial charge in [-0.15, -0.1) is 0 Å². The quantitative estimate of drug-likeness (QED) is 0.727. The zero-order valence-electron chi connectivity index (χ0n) is 12.6. The molecule has 3 rings (SSSR count). The van der Waals surface area contributed by atoms with Crippen molar-refractivity contribution >= 4 is 38.4 Å². The lowest BCUT2D eigenvalue weighted by Crippen LogP contribution is -2.19. The van der Waals surface area contributed by atoms with Crippen LogP contribution in [0.15, 0.2) is 53.0 Å². The topological polar surface area (TPSA) is 34.0 Å². The molecule has 0 aliphatic carbocycles. The van der Waals surface area contributed by atoms with Gasteiger partial charge in [0, 0.05) is 15.7 Å². The van der Waals surface area contributed by atoms with Gasteiger partial charge >= 0.3 is 0 Å². The van der Waals surface area contributed by atoms with Crippen LogP contribution in [0.4, 0.5) is 5.69 Å². The van der Waals surface area contributed by atoms with Crippen LogP contribution in [0.2, 0.25) is 0 Å². The highest BCUT2D eigenvalue weighted by molar-refractivity contribution is 9.10. The van der Waals surface area contributed by atoms with Crippen LogP contribution in [0, 0.1) is 13.8 Å². The molecule has 3 nitrogen and oxygen atoms in total. The summed E-state index contributed by atoms with van der Waals surface area (Å²) in [5, 5.41) is 4.12. The van der Waals surface area contributed by atoms with Crippen molar-refractivity contribution in [1.29, 1.82) is 0 Å². The number of aromatic nitrogens is 1. The molecule has 0 spiro atoms. The number of amides is 1. The van der Waals surface area contributed by atoms with Crippen molar-refractivity contribution < 1.29 is 4.79 Å². The Kier molecular flexibility index (Phi) is 4.03. The first-order chi connectivity index (χ1) is 10.5. The Morgan fingerprint density at radius 3 is 2.68 bits per heavy atom. The Bertz CT molecular complexity index is 851. The summed E-state index contributed by atoms with van der Waals surface area (Å²) in [7, 11) is 0. The Morgan fingerprint density at radius 2 is 1.91 bits per heavy atom. The predicted molar refractivity (Wildman–Crippen MR) is 94.2 cm³/mol. The van der Waals surface area contributed by atoms with Gasteiger partial charge in [0.25, 0.3) is 0 Å². The van der Waals surface area contributed by atoms with Crippen LogP contribution in [0.25, 0.3) is 10.9 Å². The van der Waals surface area contributed by atoms with Crippen molar-refractivity contribution in [2.75, 3.05) is 5.32 Å². The van der Waals surface area contributed by atoms with E-state index in [-0.39, 0.29) is 5.91 Å². The average Bonchev–Trinajstić information content (AvgIpc) is 2.78. The molecule has 1 aromatic heterocycles.